The van der Waals surface area contributed by atoms with Crippen LogP contribution in [0.2, 0.25) is 0 Å². The highest BCUT2D eigenvalue weighted by Crippen LogP contribution is 2.28. The summed E-state index contributed by atoms with van der Waals surface area (Å²) in [6.07, 6.45) is 5.58. The van der Waals surface area contributed by atoms with Crippen molar-refractivity contribution in [2.24, 2.45) is 0 Å². The van der Waals surface area contributed by atoms with Crippen molar-refractivity contribution in [3.63, 3.8) is 0 Å². The standard InChI is InChI=1S/C15H17FN4O3S/c1-2-19-9-11(7-18-19)14-10-24(22,23)6-5-20(14)15(21)12-3-4-17-8-13(12)16/h3-4,7-9,14H,2,5-6,10H2,1H3. The number of rotatable bonds is 3. The average molecular weight is 352 g/mol. The largest absolute Gasteiger partial charge is 0.329 e. The van der Waals surface area contributed by atoms with Gasteiger partial charge in [0, 0.05) is 31.0 Å². The molecule has 0 spiro atoms. The molecule has 0 N–H and O–H groups in total. The zero-order valence-electron chi connectivity index (χ0n) is 13.1. The summed E-state index contributed by atoms with van der Waals surface area (Å²) in [6, 6.07) is 0.622. The quantitative estimate of drug-likeness (QED) is 0.824. The normalized spacial score (nSPS) is 20.1. The number of halogens is 1. The summed E-state index contributed by atoms with van der Waals surface area (Å²) >= 11 is 0. The highest BCUT2D eigenvalue weighted by atomic mass is 32.2. The molecule has 128 valence electrons. The zero-order chi connectivity index (χ0) is 17.3. The van der Waals surface area contributed by atoms with Crippen molar-refractivity contribution in [1.82, 2.24) is 19.7 Å². The minimum atomic E-state index is -3.27. The summed E-state index contributed by atoms with van der Waals surface area (Å²) in [7, 11) is -3.27. The monoisotopic (exact) mass is 352 g/mol. The van der Waals surface area contributed by atoms with Gasteiger partial charge in [0.1, 0.15) is 0 Å². The van der Waals surface area contributed by atoms with Crippen LogP contribution >= 0.6 is 0 Å². The zero-order valence-corrected chi connectivity index (χ0v) is 13.9. The van der Waals surface area contributed by atoms with Gasteiger partial charge in [-0.1, -0.05) is 0 Å². The van der Waals surface area contributed by atoms with E-state index in [-0.39, 0.29) is 23.6 Å². The summed E-state index contributed by atoms with van der Waals surface area (Å²) in [5.41, 5.74) is 0.514. The SMILES string of the molecule is CCn1cc(C2CS(=O)(=O)CCN2C(=O)c2ccncc2F)cn1. The van der Waals surface area contributed by atoms with Gasteiger partial charge in [-0.2, -0.15) is 5.10 Å². The highest BCUT2D eigenvalue weighted by molar-refractivity contribution is 7.91. The van der Waals surface area contributed by atoms with E-state index in [9.17, 15) is 17.6 Å². The van der Waals surface area contributed by atoms with Crippen LogP contribution in [0.4, 0.5) is 4.39 Å². The van der Waals surface area contributed by atoms with E-state index < -0.39 is 27.6 Å². The third-order valence-electron chi connectivity index (χ3n) is 4.06. The first-order chi connectivity index (χ1) is 11.4. The molecule has 0 aromatic carbocycles. The maximum Gasteiger partial charge on any atom is 0.257 e. The highest BCUT2D eigenvalue weighted by Gasteiger charge is 2.36. The lowest BCUT2D eigenvalue weighted by molar-refractivity contribution is 0.0692. The summed E-state index contributed by atoms with van der Waals surface area (Å²) in [5, 5.41) is 4.14. The third-order valence-corrected chi connectivity index (χ3v) is 5.69. The molecule has 1 atom stereocenters. The molecule has 9 heteroatoms. The van der Waals surface area contributed by atoms with Crippen LogP contribution in [0.1, 0.15) is 28.9 Å². The second kappa shape index (κ2) is 6.31. The fourth-order valence-corrected chi connectivity index (χ4v) is 4.25. The third kappa shape index (κ3) is 3.16. The Morgan fingerprint density at radius 3 is 2.88 bits per heavy atom. The topological polar surface area (TPSA) is 85.2 Å². The molecule has 3 heterocycles. The van der Waals surface area contributed by atoms with E-state index in [4.69, 9.17) is 0 Å². The Labute approximate surface area is 139 Å². The van der Waals surface area contributed by atoms with Crippen LogP contribution in [-0.2, 0) is 16.4 Å². The van der Waals surface area contributed by atoms with Gasteiger partial charge < -0.3 is 4.90 Å². The Hall–Kier alpha value is -2.29. The molecule has 1 fully saturated rings. The minimum absolute atomic E-state index is 0.0188. The number of hydrogen-bond acceptors (Lipinski definition) is 5. The first-order valence-electron chi connectivity index (χ1n) is 7.54. The van der Waals surface area contributed by atoms with Gasteiger partial charge in [-0.25, -0.2) is 12.8 Å². The van der Waals surface area contributed by atoms with Gasteiger partial charge in [-0.15, -0.1) is 0 Å². The number of carbonyl (C=O) groups is 1. The van der Waals surface area contributed by atoms with E-state index in [0.29, 0.717) is 12.1 Å². The average Bonchev–Trinajstić information content (AvgIpc) is 3.03. The second-order valence-electron chi connectivity index (χ2n) is 5.61. The summed E-state index contributed by atoms with van der Waals surface area (Å²) in [4.78, 5) is 17.8. The van der Waals surface area contributed by atoms with Crippen LogP contribution in [0.5, 0.6) is 0 Å². The number of amides is 1. The number of aromatic nitrogens is 3. The van der Waals surface area contributed by atoms with Gasteiger partial charge in [0.25, 0.3) is 5.91 Å². The van der Waals surface area contributed by atoms with Crippen LogP contribution in [0, 0.1) is 5.82 Å². The molecule has 24 heavy (non-hydrogen) atoms. The van der Waals surface area contributed by atoms with Gasteiger partial charge in [-0.3, -0.25) is 14.5 Å². The molecule has 1 saturated heterocycles. The predicted octanol–water partition coefficient (Wildman–Crippen LogP) is 1.05. The van der Waals surface area contributed by atoms with Crippen molar-refractivity contribution in [3.8, 4) is 0 Å². The van der Waals surface area contributed by atoms with E-state index >= 15 is 0 Å². The van der Waals surface area contributed by atoms with E-state index in [2.05, 4.69) is 10.1 Å². The molecule has 2 aromatic heterocycles. The molecule has 3 rings (SSSR count). The van der Waals surface area contributed by atoms with Crippen LogP contribution < -0.4 is 0 Å². The van der Waals surface area contributed by atoms with Crippen LogP contribution in [0.25, 0.3) is 0 Å². The number of carbonyl (C=O) groups excluding carboxylic acids is 1. The van der Waals surface area contributed by atoms with Gasteiger partial charge in [0.15, 0.2) is 15.7 Å². The summed E-state index contributed by atoms with van der Waals surface area (Å²) in [5.74, 6) is -1.59. The van der Waals surface area contributed by atoms with Gasteiger partial charge in [0.2, 0.25) is 0 Å². The molecule has 7 nitrogen and oxygen atoms in total. The van der Waals surface area contributed by atoms with Gasteiger partial charge in [-0.05, 0) is 13.0 Å². The fourth-order valence-electron chi connectivity index (χ4n) is 2.75. The van der Waals surface area contributed by atoms with Crippen molar-refractivity contribution in [2.75, 3.05) is 18.1 Å². The molecular weight excluding hydrogens is 335 g/mol. The van der Waals surface area contributed by atoms with Crippen molar-refractivity contribution >= 4 is 15.7 Å². The maximum atomic E-state index is 13.9. The number of sulfone groups is 1. The molecule has 1 amide bonds. The van der Waals surface area contributed by atoms with Crippen molar-refractivity contribution < 1.29 is 17.6 Å². The molecule has 2 aromatic rings. The van der Waals surface area contributed by atoms with E-state index in [1.807, 2.05) is 6.92 Å². The molecule has 0 aliphatic carbocycles. The Kier molecular flexibility index (Phi) is 4.35. The van der Waals surface area contributed by atoms with Crippen LogP contribution in [0.15, 0.2) is 30.9 Å². The Balaban J connectivity index is 1.97. The van der Waals surface area contributed by atoms with E-state index in [1.54, 1.807) is 17.1 Å². The van der Waals surface area contributed by atoms with Crippen molar-refractivity contribution in [3.05, 3.63) is 47.8 Å². The lowest BCUT2D eigenvalue weighted by Crippen LogP contribution is -2.46. The minimum Gasteiger partial charge on any atom is -0.329 e. The molecule has 0 saturated carbocycles. The van der Waals surface area contributed by atoms with Crippen LogP contribution in [-0.4, -0.2) is 52.0 Å². The number of nitrogens with zero attached hydrogens (tertiary/aromatic N) is 4. The summed E-state index contributed by atoms with van der Waals surface area (Å²) < 4.78 is 39.6. The van der Waals surface area contributed by atoms with Crippen molar-refractivity contribution in [1.29, 1.82) is 0 Å². The molecule has 1 aliphatic rings. The number of aryl methyl sites for hydroxylation is 1. The van der Waals surface area contributed by atoms with E-state index in [1.165, 1.54) is 17.2 Å². The van der Waals surface area contributed by atoms with E-state index in [0.717, 1.165) is 6.20 Å². The number of pyridine rings is 1. The Bertz CT molecular complexity index is 865. The van der Waals surface area contributed by atoms with Crippen LogP contribution in [0.3, 0.4) is 0 Å². The molecule has 1 aliphatic heterocycles. The molecule has 1 unspecified atom stereocenters. The Morgan fingerprint density at radius 2 is 2.21 bits per heavy atom. The first-order valence-corrected chi connectivity index (χ1v) is 9.36. The maximum absolute atomic E-state index is 13.9. The lowest BCUT2D eigenvalue weighted by Gasteiger charge is -2.35. The molecule has 0 radical (unpaired) electrons. The smallest absolute Gasteiger partial charge is 0.257 e. The molecular formula is C15H17FN4O3S. The lowest BCUT2D eigenvalue weighted by atomic mass is 10.1. The van der Waals surface area contributed by atoms with Gasteiger partial charge >= 0.3 is 0 Å². The van der Waals surface area contributed by atoms with Crippen molar-refractivity contribution in [2.45, 2.75) is 19.5 Å². The first kappa shape index (κ1) is 16.6. The molecule has 0 bridgehead atoms. The fraction of sp³-hybridized carbons (Fsp3) is 0.400. The predicted molar refractivity (Wildman–Crippen MR) is 84.5 cm³/mol. The number of hydrogen-bond donors (Lipinski definition) is 0. The second-order valence-corrected chi connectivity index (χ2v) is 7.84. The van der Waals surface area contributed by atoms with Gasteiger partial charge in [0.05, 0.1) is 35.5 Å². The Morgan fingerprint density at radius 1 is 1.42 bits per heavy atom. The summed E-state index contributed by atoms with van der Waals surface area (Å²) in [6.45, 7) is 2.56.